The first-order chi connectivity index (χ1) is 10.1. The zero-order chi connectivity index (χ0) is 14.8. The van der Waals surface area contributed by atoms with Crippen LogP contribution in [0.5, 0.6) is 0 Å². The second-order valence-corrected chi connectivity index (χ2v) is 6.62. The van der Waals surface area contributed by atoms with E-state index < -0.39 is 0 Å². The van der Waals surface area contributed by atoms with Crippen molar-refractivity contribution in [3.05, 3.63) is 70.8 Å². The number of fused-ring (bicyclic) bond motifs is 1. The molecule has 0 heterocycles. The fourth-order valence-electron chi connectivity index (χ4n) is 3.43. The van der Waals surface area contributed by atoms with Gasteiger partial charge in [-0.15, -0.1) is 0 Å². The van der Waals surface area contributed by atoms with Crippen LogP contribution in [0.4, 0.5) is 0 Å². The van der Waals surface area contributed by atoms with Gasteiger partial charge in [-0.2, -0.15) is 0 Å². The van der Waals surface area contributed by atoms with Gasteiger partial charge in [0.2, 0.25) is 0 Å². The van der Waals surface area contributed by atoms with E-state index in [2.05, 4.69) is 62.4 Å². The lowest BCUT2D eigenvalue weighted by Crippen LogP contribution is -2.28. The molecule has 0 saturated carbocycles. The van der Waals surface area contributed by atoms with Gasteiger partial charge in [-0.1, -0.05) is 62.4 Å². The van der Waals surface area contributed by atoms with Crippen LogP contribution in [0.1, 0.15) is 54.5 Å². The highest BCUT2D eigenvalue weighted by molar-refractivity contribution is 5.33. The lowest BCUT2D eigenvalue weighted by molar-refractivity contribution is 0.376. The van der Waals surface area contributed by atoms with Gasteiger partial charge in [0.15, 0.2) is 0 Å². The summed E-state index contributed by atoms with van der Waals surface area (Å²) in [7, 11) is 0. The van der Waals surface area contributed by atoms with E-state index in [4.69, 9.17) is 5.73 Å². The van der Waals surface area contributed by atoms with Crippen LogP contribution in [0, 0.1) is 5.92 Å². The van der Waals surface area contributed by atoms with Crippen molar-refractivity contribution in [2.24, 2.45) is 11.7 Å². The second kappa shape index (κ2) is 6.03. The van der Waals surface area contributed by atoms with Gasteiger partial charge >= 0.3 is 0 Å². The van der Waals surface area contributed by atoms with Crippen molar-refractivity contribution in [2.45, 2.75) is 45.1 Å². The molecule has 0 spiro atoms. The summed E-state index contributed by atoms with van der Waals surface area (Å²) >= 11 is 0. The first kappa shape index (κ1) is 14.3. The number of benzene rings is 2. The van der Waals surface area contributed by atoms with Gasteiger partial charge in [-0.25, -0.2) is 0 Å². The molecule has 21 heavy (non-hydrogen) atoms. The Balaban J connectivity index is 1.74. The molecule has 0 aliphatic heterocycles. The Bertz CT molecular complexity index is 597. The lowest BCUT2D eigenvalue weighted by Gasteiger charge is -2.31. The van der Waals surface area contributed by atoms with Crippen LogP contribution in [0.25, 0.3) is 0 Å². The van der Waals surface area contributed by atoms with Gasteiger partial charge in [0.1, 0.15) is 0 Å². The SMILES string of the molecule is CC(C)c1ccc(CC2CCc3ccccc3C2N)cc1. The van der Waals surface area contributed by atoms with Crippen LogP contribution in [-0.4, -0.2) is 0 Å². The first-order valence-corrected chi connectivity index (χ1v) is 8.07. The minimum absolute atomic E-state index is 0.180. The Morgan fingerprint density at radius 1 is 1.05 bits per heavy atom. The topological polar surface area (TPSA) is 26.0 Å². The fraction of sp³-hybridized carbons (Fsp3) is 0.400. The standard InChI is InChI=1S/C20H25N/c1-14(2)16-9-7-15(8-10-16)13-18-12-11-17-5-3-4-6-19(17)20(18)21/h3-10,14,18,20H,11-13,21H2,1-2H3. The number of hydrogen-bond donors (Lipinski definition) is 1. The minimum atomic E-state index is 0.180. The average molecular weight is 279 g/mol. The maximum absolute atomic E-state index is 6.52. The summed E-state index contributed by atoms with van der Waals surface area (Å²) in [5, 5.41) is 0. The maximum Gasteiger partial charge on any atom is 0.0329 e. The van der Waals surface area contributed by atoms with E-state index in [1.165, 1.54) is 35.1 Å². The normalized spacial score (nSPS) is 21.3. The van der Waals surface area contributed by atoms with Gasteiger partial charge in [-0.3, -0.25) is 0 Å². The van der Waals surface area contributed by atoms with E-state index >= 15 is 0 Å². The second-order valence-electron chi connectivity index (χ2n) is 6.62. The Kier molecular flexibility index (Phi) is 4.12. The van der Waals surface area contributed by atoms with Crippen molar-refractivity contribution in [1.82, 2.24) is 0 Å². The third-order valence-corrected chi connectivity index (χ3v) is 4.85. The third-order valence-electron chi connectivity index (χ3n) is 4.85. The predicted octanol–water partition coefficient (Wildman–Crippen LogP) is 4.61. The summed E-state index contributed by atoms with van der Waals surface area (Å²) in [5.74, 6) is 1.16. The molecule has 2 unspecified atom stereocenters. The molecule has 0 radical (unpaired) electrons. The van der Waals surface area contributed by atoms with Crippen molar-refractivity contribution in [3.8, 4) is 0 Å². The van der Waals surface area contributed by atoms with Crippen molar-refractivity contribution in [2.75, 3.05) is 0 Å². The monoisotopic (exact) mass is 279 g/mol. The number of rotatable bonds is 3. The quantitative estimate of drug-likeness (QED) is 0.872. The molecule has 0 amide bonds. The molecule has 3 rings (SSSR count). The average Bonchev–Trinajstić information content (AvgIpc) is 2.51. The number of nitrogens with two attached hydrogens (primary N) is 1. The Labute approximate surface area is 128 Å². The number of aryl methyl sites for hydroxylation is 1. The predicted molar refractivity (Wildman–Crippen MR) is 89.4 cm³/mol. The molecule has 110 valence electrons. The van der Waals surface area contributed by atoms with E-state index in [0.29, 0.717) is 11.8 Å². The molecular formula is C20H25N. The van der Waals surface area contributed by atoms with Gasteiger partial charge in [0.05, 0.1) is 0 Å². The zero-order valence-corrected chi connectivity index (χ0v) is 13.0. The fourth-order valence-corrected chi connectivity index (χ4v) is 3.43. The summed E-state index contributed by atoms with van der Waals surface area (Å²) in [5.41, 5.74) is 12.1. The molecule has 1 aliphatic rings. The Hall–Kier alpha value is -1.60. The van der Waals surface area contributed by atoms with Crippen LogP contribution in [0.2, 0.25) is 0 Å². The molecule has 2 aromatic rings. The van der Waals surface area contributed by atoms with Crippen molar-refractivity contribution >= 4 is 0 Å². The van der Waals surface area contributed by atoms with Crippen molar-refractivity contribution < 1.29 is 0 Å². The van der Waals surface area contributed by atoms with E-state index in [1.54, 1.807) is 0 Å². The summed E-state index contributed by atoms with van der Waals surface area (Å²) in [6.45, 7) is 4.48. The molecule has 2 N–H and O–H groups in total. The highest BCUT2D eigenvalue weighted by Crippen LogP contribution is 2.34. The van der Waals surface area contributed by atoms with Crippen LogP contribution in [0.15, 0.2) is 48.5 Å². The molecule has 0 bridgehead atoms. The molecular weight excluding hydrogens is 254 g/mol. The van der Waals surface area contributed by atoms with Crippen molar-refractivity contribution in [3.63, 3.8) is 0 Å². The van der Waals surface area contributed by atoms with Crippen LogP contribution in [0.3, 0.4) is 0 Å². The smallest absolute Gasteiger partial charge is 0.0329 e. The molecule has 2 aromatic carbocycles. The molecule has 0 fully saturated rings. The molecule has 0 saturated heterocycles. The van der Waals surface area contributed by atoms with Crippen LogP contribution >= 0.6 is 0 Å². The summed E-state index contributed by atoms with van der Waals surface area (Å²) < 4.78 is 0. The van der Waals surface area contributed by atoms with Crippen molar-refractivity contribution in [1.29, 1.82) is 0 Å². The largest absolute Gasteiger partial charge is 0.324 e. The first-order valence-electron chi connectivity index (χ1n) is 8.07. The van der Waals surface area contributed by atoms with Gasteiger partial charge in [-0.05, 0) is 53.4 Å². The summed E-state index contributed by atoms with van der Waals surface area (Å²) in [6, 6.07) is 17.9. The van der Waals surface area contributed by atoms with Crippen LogP contribution < -0.4 is 5.73 Å². The Morgan fingerprint density at radius 2 is 1.76 bits per heavy atom. The number of hydrogen-bond acceptors (Lipinski definition) is 1. The highest BCUT2D eigenvalue weighted by atomic mass is 14.7. The zero-order valence-electron chi connectivity index (χ0n) is 13.0. The minimum Gasteiger partial charge on any atom is -0.324 e. The lowest BCUT2D eigenvalue weighted by atomic mass is 9.77. The molecule has 1 nitrogen and oxygen atoms in total. The summed E-state index contributed by atoms with van der Waals surface area (Å²) in [6.07, 6.45) is 3.45. The molecule has 1 heteroatoms. The maximum atomic E-state index is 6.52. The highest BCUT2D eigenvalue weighted by Gasteiger charge is 2.26. The van der Waals surface area contributed by atoms with E-state index in [1.807, 2.05) is 0 Å². The van der Waals surface area contributed by atoms with Gasteiger partial charge < -0.3 is 5.73 Å². The van der Waals surface area contributed by atoms with E-state index in [-0.39, 0.29) is 6.04 Å². The van der Waals surface area contributed by atoms with E-state index in [0.717, 1.165) is 6.42 Å². The molecule has 1 aliphatic carbocycles. The molecule has 2 atom stereocenters. The van der Waals surface area contributed by atoms with Gasteiger partial charge in [0.25, 0.3) is 0 Å². The summed E-state index contributed by atoms with van der Waals surface area (Å²) in [4.78, 5) is 0. The van der Waals surface area contributed by atoms with E-state index in [9.17, 15) is 0 Å². The Morgan fingerprint density at radius 3 is 2.48 bits per heavy atom. The van der Waals surface area contributed by atoms with Gasteiger partial charge in [0, 0.05) is 6.04 Å². The third kappa shape index (κ3) is 3.03. The molecule has 0 aromatic heterocycles. The van der Waals surface area contributed by atoms with Crippen LogP contribution in [-0.2, 0) is 12.8 Å².